The van der Waals surface area contributed by atoms with Crippen molar-refractivity contribution in [1.29, 1.82) is 0 Å². The van der Waals surface area contributed by atoms with Crippen molar-refractivity contribution in [3.63, 3.8) is 0 Å². The van der Waals surface area contributed by atoms with Gasteiger partial charge in [-0.25, -0.2) is 0 Å². The number of aromatic nitrogens is 3. The number of rotatable bonds is 5. The summed E-state index contributed by atoms with van der Waals surface area (Å²) in [6, 6.07) is 20.9. The highest BCUT2D eigenvalue weighted by molar-refractivity contribution is 6.30. The molecule has 1 N–H and O–H groups in total. The van der Waals surface area contributed by atoms with Gasteiger partial charge in [-0.15, -0.1) is 10.2 Å². The first-order chi connectivity index (χ1) is 13.6. The van der Waals surface area contributed by atoms with Crippen LogP contribution in [0.25, 0.3) is 16.7 Å². The molecule has 0 radical (unpaired) electrons. The summed E-state index contributed by atoms with van der Waals surface area (Å²) in [7, 11) is 0. The fraction of sp³-hybridized carbons (Fsp3) is 0.136. The molecule has 0 spiro atoms. The van der Waals surface area contributed by atoms with Crippen molar-refractivity contribution in [3.8, 4) is 5.69 Å². The standard InChI is InChI=1S/C22H19ClN4O/c1-2-15-5-10-19(11-6-15)27-25-20-12-9-18(14-21(20)26-27)24-22(28)13-16-3-7-17(23)8-4-16/h3-12,14H,2,13H2,1H3,(H,24,28). The number of amides is 1. The van der Waals surface area contributed by atoms with Gasteiger partial charge in [-0.2, -0.15) is 4.80 Å². The van der Waals surface area contributed by atoms with E-state index in [-0.39, 0.29) is 12.3 Å². The highest BCUT2D eigenvalue weighted by atomic mass is 35.5. The summed E-state index contributed by atoms with van der Waals surface area (Å²) in [5.41, 5.74) is 5.27. The summed E-state index contributed by atoms with van der Waals surface area (Å²) in [5.74, 6) is -0.0933. The van der Waals surface area contributed by atoms with Gasteiger partial charge in [-0.05, 0) is 60.0 Å². The van der Waals surface area contributed by atoms with Crippen LogP contribution >= 0.6 is 11.6 Å². The van der Waals surface area contributed by atoms with Gasteiger partial charge in [0.2, 0.25) is 5.91 Å². The Morgan fingerprint density at radius 3 is 2.32 bits per heavy atom. The van der Waals surface area contributed by atoms with Crippen molar-refractivity contribution < 1.29 is 4.79 Å². The van der Waals surface area contributed by atoms with Crippen LogP contribution in [-0.4, -0.2) is 20.9 Å². The lowest BCUT2D eigenvalue weighted by Gasteiger charge is -2.05. The van der Waals surface area contributed by atoms with Crippen LogP contribution in [0.4, 0.5) is 5.69 Å². The summed E-state index contributed by atoms with van der Waals surface area (Å²) in [5, 5.41) is 12.6. The number of nitrogens with one attached hydrogen (secondary N) is 1. The van der Waals surface area contributed by atoms with Crippen LogP contribution in [0.15, 0.2) is 66.7 Å². The molecular weight excluding hydrogens is 372 g/mol. The molecule has 1 aromatic heterocycles. The van der Waals surface area contributed by atoms with Crippen LogP contribution in [0.1, 0.15) is 18.1 Å². The minimum atomic E-state index is -0.0933. The third-order valence-corrected chi connectivity index (χ3v) is 4.77. The quantitative estimate of drug-likeness (QED) is 0.531. The second kappa shape index (κ2) is 7.82. The molecule has 5 nitrogen and oxygen atoms in total. The topological polar surface area (TPSA) is 59.8 Å². The number of carbonyl (C=O) groups is 1. The van der Waals surface area contributed by atoms with E-state index in [9.17, 15) is 4.79 Å². The first-order valence-electron chi connectivity index (χ1n) is 9.11. The molecule has 4 aromatic rings. The molecule has 140 valence electrons. The Hall–Kier alpha value is -3.18. The smallest absolute Gasteiger partial charge is 0.228 e. The van der Waals surface area contributed by atoms with Crippen LogP contribution in [0.5, 0.6) is 0 Å². The summed E-state index contributed by atoms with van der Waals surface area (Å²) >= 11 is 5.88. The molecule has 0 unspecified atom stereocenters. The number of hydrogen-bond acceptors (Lipinski definition) is 3. The second-order valence-electron chi connectivity index (χ2n) is 6.56. The summed E-state index contributed by atoms with van der Waals surface area (Å²) in [6.45, 7) is 2.12. The summed E-state index contributed by atoms with van der Waals surface area (Å²) < 4.78 is 0. The van der Waals surface area contributed by atoms with E-state index in [1.807, 2.05) is 42.5 Å². The monoisotopic (exact) mass is 390 g/mol. The predicted molar refractivity (Wildman–Crippen MR) is 112 cm³/mol. The van der Waals surface area contributed by atoms with Gasteiger partial charge in [-0.3, -0.25) is 4.79 Å². The lowest BCUT2D eigenvalue weighted by atomic mass is 10.1. The third kappa shape index (κ3) is 4.05. The molecule has 0 saturated heterocycles. The molecule has 0 bridgehead atoms. The Bertz CT molecular complexity index is 1120. The Labute approximate surface area is 167 Å². The van der Waals surface area contributed by atoms with Gasteiger partial charge in [0.1, 0.15) is 11.0 Å². The van der Waals surface area contributed by atoms with Crippen molar-refractivity contribution in [2.24, 2.45) is 0 Å². The Morgan fingerprint density at radius 1 is 0.929 bits per heavy atom. The molecule has 0 atom stereocenters. The minimum Gasteiger partial charge on any atom is -0.326 e. The summed E-state index contributed by atoms with van der Waals surface area (Å²) in [6.07, 6.45) is 1.28. The van der Waals surface area contributed by atoms with Crippen LogP contribution in [-0.2, 0) is 17.6 Å². The fourth-order valence-corrected chi connectivity index (χ4v) is 3.09. The lowest BCUT2D eigenvalue weighted by Crippen LogP contribution is -2.14. The van der Waals surface area contributed by atoms with Crippen molar-refractivity contribution in [2.45, 2.75) is 19.8 Å². The van der Waals surface area contributed by atoms with E-state index in [2.05, 4.69) is 34.6 Å². The molecule has 28 heavy (non-hydrogen) atoms. The van der Waals surface area contributed by atoms with E-state index in [1.54, 1.807) is 16.9 Å². The van der Waals surface area contributed by atoms with Gasteiger partial charge in [0, 0.05) is 10.7 Å². The highest BCUT2D eigenvalue weighted by Gasteiger charge is 2.08. The molecule has 4 rings (SSSR count). The predicted octanol–water partition coefficient (Wildman–Crippen LogP) is 4.82. The maximum Gasteiger partial charge on any atom is 0.228 e. The normalized spacial score (nSPS) is 10.9. The van der Waals surface area contributed by atoms with Crippen LogP contribution in [0, 0.1) is 0 Å². The minimum absolute atomic E-state index is 0.0933. The van der Waals surface area contributed by atoms with E-state index in [0.717, 1.165) is 28.7 Å². The molecule has 0 aliphatic rings. The van der Waals surface area contributed by atoms with Gasteiger partial charge in [-0.1, -0.05) is 42.8 Å². The van der Waals surface area contributed by atoms with Gasteiger partial charge < -0.3 is 5.32 Å². The van der Waals surface area contributed by atoms with Crippen molar-refractivity contribution in [3.05, 3.63) is 82.9 Å². The second-order valence-corrected chi connectivity index (χ2v) is 7.00. The Balaban J connectivity index is 1.50. The van der Waals surface area contributed by atoms with Crippen molar-refractivity contribution in [1.82, 2.24) is 15.0 Å². The highest BCUT2D eigenvalue weighted by Crippen LogP contribution is 2.18. The molecule has 0 aliphatic carbocycles. The van der Waals surface area contributed by atoms with E-state index in [4.69, 9.17) is 11.6 Å². The molecule has 6 heteroatoms. The number of fused-ring (bicyclic) bond motifs is 1. The Morgan fingerprint density at radius 2 is 1.61 bits per heavy atom. The maximum atomic E-state index is 12.3. The maximum absolute atomic E-state index is 12.3. The van der Waals surface area contributed by atoms with Crippen LogP contribution in [0.3, 0.4) is 0 Å². The van der Waals surface area contributed by atoms with Gasteiger partial charge in [0.05, 0.1) is 12.1 Å². The van der Waals surface area contributed by atoms with Gasteiger partial charge in [0.15, 0.2) is 0 Å². The molecule has 0 saturated carbocycles. The zero-order valence-electron chi connectivity index (χ0n) is 15.4. The number of benzene rings is 3. The fourth-order valence-electron chi connectivity index (χ4n) is 2.97. The van der Waals surface area contributed by atoms with Crippen LogP contribution in [0.2, 0.25) is 5.02 Å². The molecule has 3 aromatic carbocycles. The molecule has 0 fully saturated rings. The van der Waals surface area contributed by atoms with Gasteiger partial charge >= 0.3 is 0 Å². The Kier molecular flexibility index (Phi) is 5.08. The number of nitrogens with zero attached hydrogens (tertiary/aromatic N) is 3. The first kappa shape index (κ1) is 18.2. The van der Waals surface area contributed by atoms with E-state index in [0.29, 0.717) is 10.7 Å². The first-order valence-corrected chi connectivity index (χ1v) is 9.49. The number of carbonyl (C=O) groups excluding carboxylic acids is 1. The molecule has 1 heterocycles. The van der Waals surface area contributed by atoms with E-state index >= 15 is 0 Å². The third-order valence-electron chi connectivity index (χ3n) is 4.52. The van der Waals surface area contributed by atoms with Crippen molar-refractivity contribution in [2.75, 3.05) is 5.32 Å². The number of halogens is 1. The molecule has 0 aliphatic heterocycles. The molecular formula is C22H19ClN4O. The number of anilines is 1. The summed E-state index contributed by atoms with van der Waals surface area (Å²) in [4.78, 5) is 13.9. The SMILES string of the molecule is CCc1ccc(-n2nc3ccc(NC(=O)Cc4ccc(Cl)cc4)cc3n2)cc1. The number of aryl methyl sites for hydroxylation is 1. The van der Waals surface area contributed by atoms with Crippen molar-refractivity contribution >= 4 is 34.2 Å². The van der Waals surface area contributed by atoms with Crippen LogP contribution < -0.4 is 5.32 Å². The van der Waals surface area contributed by atoms with E-state index < -0.39 is 0 Å². The van der Waals surface area contributed by atoms with E-state index in [1.165, 1.54) is 5.56 Å². The lowest BCUT2D eigenvalue weighted by molar-refractivity contribution is -0.115. The largest absolute Gasteiger partial charge is 0.326 e. The average Bonchev–Trinajstić information content (AvgIpc) is 3.13. The average molecular weight is 391 g/mol. The molecule has 1 amide bonds. The van der Waals surface area contributed by atoms with Gasteiger partial charge in [0.25, 0.3) is 0 Å². The zero-order valence-corrected chi connectivity index (χ0v) is 16.1. The number of hydrogen-bond donors (Lipinski definition) is 1. The zero-order chi connectivity index (χ0) is 19.5.